The van der Waals surface area contributed by atoms with Crippen LogP contribution in [0.5, 0.6) is 5.75 Å². The van der Waals surface area contributed by atoms with Crippen LogP contribution in [0.3, 0.4) is 0 Å². The molecule has 0 aliphatic rings. The molecule has 0 bridgehead atoms. The Morgan fingerprint density at radius 2 is 2.32 bits per heavy atom. The van der Waals surface area contributed by atoms with Crippen molar-refractivity contribution in [1.82, 2.24) is 10.3 Å². The number of pyridine rings is 1. The van der Waals surface area contributed by atoms with E-state index in [2.05, 4.69) is 17.2 Å². The van der Waals surface area contributed by atoms with E-state index in [1.165, 1.54) is 0 Å². The van der Waals surface area contributed by atoms with Crippen LogP contribution in [0, 0.1) is 0 Å². The lowest BCUT2D eigenvalue weighted by atomic mass is 10.2. The van der Waals surface area contributed by atoms with Crippen molar-refractivity contribution >= 4 is 11.6 Å². The number of nitrogens with zero attached hydrogens (tertiary/aromatic N) is 1. The van der Waals surface area contributed by atoms with Gasteiger partial charge in [0, 0.05) is 24.4 Å². The molecule has 2 heterocycles. The summed E-state index contributed by atoms with van der Waals surface area (Å²) in [5, 5.41) is 3.89. The lowest BCUT2D eigenvalue weighted by Gasteiger charge is -2.06. The summed E-state index contributed by atoms with van der Waals surface area (Å²) in [6.45, 7) is 4.29. The predicted molar refractivity (Wildman–Crippen MR) is 74.3 cm³/mol. The third kappa shape index (κ3) is 4.26. The van der Waals surface area contributed by atoms with E-state index >= 15 is 0 Å². The smallest absolute Gasteiger partial charge is 0.146 e. The molecule has 0 spiro atoms. The molecule has 2 rings (SSSR count). The summed E-state index contributed by atoms with van der Waals surface area (Å²) in [4.78, 5) is 3.97. The Morgan fingerprint density at radius 1 is 1.42 bits per heavy atom. The fourth-order valence-electron chi connectivity index (χ4n) is 1.67. The number of furan rings is 1. The normalized spacial score (nSPS) is 10.6. The summed E-state index contributed by atoms with van der Waals surface area (Å²) in [6, 6.07) is 3.68. The quantitative estimate of drug-likeness (QED) is 0.790. The fourth-order valence-corrected chi connectivity index (χ4v) is 1.84. The van der Waals surface area contributed by atoms with E-state index in [0.717, 1.165) is 30.8 Å². The van der Waals surface area contributed by atoms with Crippen molar-refractivity contribution in [2.45, 2.75) is 26.5 Å². The minimum Gasteiger partial charge on any atom is -0.484 e. The first kappa shape index (κ1) is 13.9. The molecule has 0 aliphatic heterocycles. The Balaban J connectivity index is 1.90. The van der Waals surface area contributed by atoms with Gasteiger partial charge < -0.3 is 14.5 Å². The minimum atomic E-state index is 0.373. The molecule has 0 fully saturated rings. The number of rotatable bonds is 7. The zero-order chi connectivity index (χ0) is 13.5. The molecule has 5 heteroatoms. The number of halogens is 1. The lowest BCUT2D eigenvalue weighted by molar-refractivity contribution is 0.267. The molecule has 0 saturated carbocycles. The summed E-state index contributed by atoms with van der Waals surface area (Å²) in [5.74, 6) is 1.46. The maximum atomic E-state index is 5.85. The SMILES string of the molecule is CCCNCc1ccoc1COc1cncc(Cl)c1. The van der Waals surface area contributed by atoms with Gasteiger partial charge in [0.05, 0.1) is 17.5 Å². The van der Waals surface area contributed by atoms with Crippen molar-refractivity contribution in [3.8, 4) is 5.75 Å². The maximum Gasteiger partial charge on any atom is 0.146 e. The highest BCUT2D eigenvalue weighted by Crippen LogP contribution is 2.18. The Hall–Kier alpha value is -1.52. The van der Waals surface area contributed by atoms with Crippen LogP contribution in [0.15, 0.2) is 35.2 Å². The summed E-state index contributed by atoms with van der Waals surface area (Å²) >= 11 is 5.85. The average Bonchev–Trinajstić information content (AvgIpc) is 2.84. The largest absolute Gasteiger partial charge is 0.484 e. The first-order valence-corrected chi connectivity index (χ1v) is 6.66. The molecule has 0 aromatic carbocycles. The van der Waals surface area contributed by atoms with E-state index in [9.17, 15) is 0 Å². The van der Waals surface area contributed by atoms with Crippen LogP contribution >= 0.6 is 11.6 Å². The van der Waals surface area contributed by atoms with Gasteiger partial charge in [-0.2, -0.15) is 0 Å². The van der Waals surface area contributed by atoms with Crippen molar-refractivity contribution in [3.05, 3.63) is 47.1 Å². The summed E-state index contributed by atoms with van der Waals surface area (Å²) in [7, 11) is 0. The van der Waals surface area contributed by atoms with Gasteiger partial charge in [0.15, 0.2) is 0 Å². The van der Waals surface area contributed by atoms with Crippen molar-refractivity contribution in [1.29, 1.82) is 0 Å². The summed E-state index contributed by atoms with van der Waals surface area (Å²) in [5.41, 5.74) is 1.11. The van der Waals surface area contributed by atoms with Gasteiger partial charge in [-0.3, -0.25) is 4.98 Å². The number of hydrogen-bond donors (Lipinski definition) is 1. The van der Waals surface area contributed by atoms with Gasteiger partial charge >= 0.3 is 0 Å². The molecule has 19 heavy (non-hydrogen) atoms. The van der Waals surface area contributed by atoms with E-state index in [4.69, 9.17) is 20.8 Å². The van der Waals surface area contributed by atoms with Crippen LogP contribution < -0.4 is 10.1 Å². The van der Waals surface area contributed by atoms with E-state index < -0.39 is 0 Å². The Kier molecular flexibility index (Phi) is 5.24. The molecule has 2 aromatic rings. The predicted octanol–water partition coefficient (Wildman–Crippen LogP) is 3.41. The molecule has 2 aromatic heterocycles. The van der Waals surface area contributed by atoms with E-state index in [0.29, 0.717) is 17.4 Å². The van der Waals surface area contributed by atoms with Crippen LogP contribution in [-0.2, 0) is 13.2 Å². The molecule has 0 aliphatic carbocycles. The third-order valence-electron chi connectivity index (χ3n) is 2.63. The third-order valence-corrected chi connectivity index (χ3v) is 2.84. The highest BCUT2D eigenvalue weighted by atomic mass is 35.5. The monoisotopic (exact) mass is 280 g/mol. The van der Waals surface area contributed by atoms with Crippen LogP contribution in [-0.4, -0.2) is 11.5 Å². The van der Waals surface area contributed by atoms with E-state index in [1.54, 1.807) is 24.7 Å². The van der Waals surface area contributed by atoms with Gasteiger partial charge in [-0.05, 0) is 19.0 Å². The molecular formula is C14H17ClN2O2. The Morgan fingerprint density at radius 3 is 3.11 bits per heavy atom. The number of hydrogen-bond acceptors (Lipinski definition) is 4. The molecule has 0 radical (unpaired) electrons. The van der Waals surface area contributed by atoms with E-state index in [-0.39, 0.29) is 0 Å². The molecule has 0 atom stereocenters. The number of ether oxygens (including phenoxy) is 1. The Bertz CT molecular complexity index is 514. The summed E-state index contributed by atoms with van der Waals surface area (Å²) in [6.07, 6.45) is 5.99. The lowest BCUT2D eigenvalue weighted by Crippen LogP contribution is -2.14. The highest BCUT2D eigenvalue weighted by molar-refractivity contribution is 6.30. The van der Waals surface area contributed by atoms with Crippen molar-refractivity contribution < 1.29 is 9.15 Å². The minimum absolute atomic E-state index is 0.373. The molecule has 0 amide bonds. The second-order valence-corrected chi connectivity index (χ2v) is 4.61. The maximum absolute atomic E-state index is 5.85. The van der Waals surface area contributed by atoms with Gasteiger partial charge in [-0.15, -0.1) is 0 Å². The Labute approximate surface area is 117 Å². The van der Waals surface area contributed by atoms with Gasteiger partial charge in [0.25, 0.3) is 0 Å². The zero-order valence-electron chi connectivity index (χ0n) is 10.9. The van der Waals surface area contributed by atoms with Crippen LogP contribution in [0.25, 0.3) is 0 Å². The first-order chi connectivity index (χ1) is 9.29. The molecule has 0 saturated heterocycles. The van der Waals surface area contributed by atoms with Crippen molar-refractivity contribution in [3.63, 3.8) is 0 Å². The number of aromatic nitrogens is 1. The fraction of sp³-hybridized carbons (Fsp3) is 0.357. The average molecular weight is 281 g/mol. The molecule has 4 nitrogen and oxygen atoms in total. The topological polar surface area (TPSA) is 47.3 Å². The zero-order valence-corrected chi connectivity index (χ0v) is 11.6. The highest BCUT2D eigenvalue weighted by Gasteiger charge is 2.07. The van der Waals surface area contributed by atoms with E-state index in [1.807, 2.05) is 6.07 Å². The van der Waals surface area contributed by atoms with Crippen molar-refractivity contribution in [2.24, 2.45) is 0 Å². The summed E-state index contributed by atoms with van der Waals surface area (Å²) < 4.78 is 11.0. The van der Waals surface area contributed by atoms with Crippen molar-refractivity contribution in [2.75, 3.05) is 6.54 Å². The van der Waals surface area contributed by atoms with Crippen LogP contribution in [0.1, 0.15) is 24.7 Å². The van der Waals surface area contributed by atoms with Gasteiger partial charge in [-0.1, -0.05) is 18.5 Å². The second-order valence-electron chi connectivity index (χ2n) is 4.17. The molecular weight excluding hydrogens is 264 g/mol. The van der Waals surface area contributed by atoms with Crippen LogP contribution in [0.4, 0.5) is 0 Å². The van der Waals surface area contributed by atoms with Gasteiger partial charge in [-0.25, -0.2) is 0 Å². The second kappa shape index (κ2) is 7.16. The van der Waals surface area contributed by atoms with Crippen LogP contribution in [0.2, 0.25) is 5.02 Å². The standard InChI is InChI=1S/C14H17ClN2O2/c1-2-4-16-7-11-3-5-18-14(11)10-19-13-6-12(15)8-17-9-13/h3,5-6,8-9,16H,2,4,7,10H2,1H3. The first-order valence-electron chi connectivity index (χ1n) is 6.29. The molecule has 1 N–H and O–H groups in total. The number of nitrogens with one attached hydrogen (secondary N) is 1. The molecule has 0 unspecified atom stereocenters. The van der Waals surface area contributed by atoms with Gasteiger partial charge in [0.1, 0.15) is 18.1 Å². The van der Waals surface area contributed by atoms with Gasteiger partial charge in [0.2, 0.25) is 0 Å². The molecule has 102 valence electrons.